The third-order valence-corrected chi connectivity index (χ3v) is 6.91. The van der Waals surface area contributed by atoms with Crippen LogP contribution in [0.4, 0.5) is 0 Å². The molecule has 1 aliphatic heterocycles. The zero-order chi connectivity index (χ0) is 26.4. The Balaban J connectivity index is 1.94. The number of aliphatic hydroxyl groups is 4. The van der Waals surface area contributed by atoms with E-state index in [1.807, 2.05) is 0 Å². The van der Waals surface area contributed by atoms with E-state index in [9.17, 15) is 44.6 Å². The zero-order valence-electron chi connectivity index (χ0n) is 18.9. The van der Waals surface area contributed by atoms with E-state index in [4.69, 9.17) is 9.63 Å². The molecule has 14 heteroatoms. The van der Waals surface area contributed by atoms with Crippen molar-refractivity contribution in [2.45, 2.75) is 49.3 Å². The van der Waals surface area contributed by atoms with Crippen molar-refractivity contribution in [1.29, 1.82) is 0 Å². The molecule has 13 nitrogen and oxygen atoms in total. The van der Waals surface area contributed by atoms with Crippen LogP contribution in [0.2, 0.25) is 0 Å². The first kappa shape index (κ1) is 28.9. The second kappa shape index (κ2) is 12.1. The normalized spacial score (nSPS) is 26.7. The number of benzene rings is 1. The van der Waals surface area contributed by atoms with Crippen LogP contribution in [0.15, 0.2) is 30.3 Å². The fraction of sp³-hybridized carbons (Fsp3) is 0.524. The fourth-order valence-electron chi connectivity index (χ4n) is 3.50. The SMILES string of the molecule is CC(COP(=O)(O)C[C@H](O)C[C@H]1N[C@H](CO)[C@@H](O)[C@@H]1O)(NC(=O)/C=C/c1cccc(O)c1)C(=O)O. The highest BCUT2D eigenvalue weighted by Crippen LogP contribution is 2.44. The Morgan fingerprint density at radius 1 is 1.29 bits per heavy atom. The van der Waals surface area contributed by atoms with Crippen molar-refractivity contribution in [3.8, 4) is 5.75 Å². The predicted molar refractivity (Wildman–Crippen MR) is 122 cm³/mol. The van der Waals surface area contributed by atoms with Gasteiger partial charge in [-0.25, -0.2) is 4.79 Å². The number of carbonyl (C=O) groups is 2. The summed E-state index contributed by atoms with van der Waals surface area (Å²) in [5.41, 5.74) is -1.62. The third kappa shape index (κ3) is 8.37. The summed E-state index contributed by atoms with van der Waals surface area (Å²) < 4.78 is 17.3. The monoisotopic (exact) mass is 518 g/mol. The number of phenolic OH excluding ortho intramolecular Hbond substituents is 1. The summed E-state index contributed by atoms with van der Waals surface area (Å²) in [6.07, 6.45) is -2.79. The molecule has 0 aliphatic carbocycles. The lowest BCUT2D eigenvalue weighted by molar-refractivity contribution is -0.147. The number of phenols is 1. The molecule has 35 heavy (non-hydrogen) atoms. The average molecular weight is 518 g/mol. The van der Waals surface area contributed by atoms with Crippen LogP contribution >= 0.6 is 7.60 Å². The molecule has 1 heterocycles. The topological polar surface area (TPSA) is 226 Å². The standard InChI is InChI=1S/C21H31N2O11P/c1-21(20(30)31,23-17(27)6-5-12-3-2-4-13(25)7-12)11-34-35(32,33)10-14(26)8-15-18(28)19(29)16(9-24)22-15/h2-7,14-16,18-19,22,24-26,28-29H,8-11H2,1H3,(H,23,27)(H,30,31)(H,32,33)/b6-5+/t14-,15-,16-,18-,19-,21?/m1/s1. The molecular weight excluding hydrogens is 487 g/mol. The van der Waals surface area contributed by atoms with Gasteiger partial charge >= 0.3 is 13.6 Å². The first-order chi connectivity index (χ1) is 16.3. The van der Waals surface area contributed by atoms with Gasteiger partial charge in [-0.15, -0.1) is 0 Å². The van der Waals surface area contributed by atoms with Gasteiger partial charge in [0.25, 0.3) is 0 Å². The van der Waals surface area contributed by atoms with Crippen molar-refractivity contribution in [1.82, 2.24) is 10.6 Å². The Kier molecular flexibility index (Phi) is 9.95. The molecule has 1 amide bonds. The quantitative estimate of drug-likeness (QED) is 0.112. The van der Waals surface area contributed by atoms with Gasteiger partial charge in [-0.3, -0.25) is 9.36 Å². The maximum absolute atomic E-state index is 12.4. The van der Waals surface area contributed by atoms with E-state index in [2.05, 4.69) is 10.6 Å². The van der Waals surface area contributed by atoms with Crippen molar-refractivity contribution >= 4 is 25.5 Å². The molecule has 2 rings (SSSR count). The van der Waals surface area contributed by atoms with Gasteiger partial charge in [0, 0.05) is 12.1 Å². The zero-order valence-corrected chi connectivity index (χ0v) is 19.8. The molecule has 1 aromatic rings. The van der Waals surface area contributed by atoms with Crippen molar-refractivity contribution in [3.05, 3.63) is 35.9 Å². The van der Waals surface area contributed by atoms with E-state index in [-0.39, 0.29) is 12.2 Å². The Labute approximate surface area is 201 Å². The highest BCUT2D eigenvalue weighted by Gasteiger charge is 2.42. The van der Waals surface area contributed by atoms with E-state index < -0.39 is 74.8 Å². The molecule has 0 saturated carbocycles. The Morgan fingerprint density at radius 2 is 1.94 bits per heavy atom. The largest absolute Gasteiger partial charge is 0.508 e. The van der Waals surface area contributed by atoms with Crippen LogP contribution in [-0.2, 0) is 18.7 Å². The van der Waals surface area contributed by atoms with Crippen LogP contribution in [0.25, 0.3) is 6.08 Å². The smallest absolute Gasteiger partial charge is 0.331 e. The van der Waals surface area contributed by atoms with Gasteiger partial charge in [-0.2, -0.15) is 0 Å². The van der Waals surface area contributed by atoms with Gasteiger partial charge in [0.05, 0.1) is 43.7 Å². The number of aromatic hydroxyl groups is 1. The number of carboxylic acid groups (broad SMARTS) is 1. The summed E-state index contributed by atoms with van der Waals surface area (Å²) >= 11 is 0. The van der Waals surface area contributed by atoms with Crippen molar-refractivity contribution < 1.29 is 54.2 Å². The molecular formula is C21H31N2O11P. The van der Waals surface area contributed by atoms with Crippen molar-refractivity contribution in [2.75, 3.05) is 19.4 Å². The molecule has 0 bridgehead atoms. The van der Waals surface area contributed by atoms with E-state index in [1.165, 1.54) is 18.2 Å². The molecule has 1 aliphatic rings. The Hall–Kier alpha value is -2.35. The number of hydrogen-bond acceptors (Lipinski definition) is 10. The van der Waals surface area contributed by atoms with Gasteiger partial charge in [0.15, 0.2) is 5.54 Å². The van der Waals surface area contributed by atoms with Crippen LogP contribution in [-0.4, -0.2) is 103 Å². The minimum absolute atomic E-state index is 0.0279. The molecule has 196 valence electrons. The van der Waals surface area contributed by atoms with Crippen LogP contribution < -0.4 is 10.6 Å². The first-order valence-corrected chi connectivity index (χ1v) is 12.4. The summed E-state index contributed by atoms with van der Waals surface area (Å²) in [6.45, 7) is -0.292. The Bertz CT molecular complexity index is 974. The lowest BCUT2D eigenvalue weighted by atomic mass is 10.0. The second-order valence-corrected chi connectivity index (χ2v) is 10.5. The molecule has 1 aromatic carbocycles. The van der Waals surface area contributed by atoms with Crippen LogP contribution in [0.3, 0.4) is 0 Å². The predicted octanol–water partition coefficient (Wildman–Crippen LogP) is -1.63. The molecule has 1 saturated heterocycles. The number of amides is 1. The first-order valence-electron chi connectivity index (χ1n) is 10.7. The highest BCUT2D eigenvalue weighted by molar-refractivity contribution is 7.52. The molecule has 7 atom stereocenters. The minimum Gasteiger partial charge on any atom is -0.508 e. The molecule has 0 aromatic heterocycles. The summed E-state index contributed by atoms with van der Waals surface area (Å²) in [7, 11) is -4.54. The summed E-state index contributed by atoms with van der Waals surface area (Å²) in [5.74, 6) is -2.41. The average Bonchev–Trinajstić information content (AvgIpc) is 3.03. The molecule has 9 N–H and O–H groups in total. The number of hydrogen-bond donors (Lipinski definition) is 9. The third-order valence-electron chi connectivity index (χ3n) is 5.49. The Morgan fingerprint density at radius 3 is 2.51 bits per heavy atom. The maximum atomic E-state index is 12.4. The maximum Gasteiger partial charge on any atom is 0.331 e. The van der Waals surface area contributed by atoms with Crippen LogP contribution in [0.1, 0.15) is 18.9 Å². The van der Waals surface area contributed by atoms with Crippen molar-refractivity contribution in [3.63, 3.8) is 0 Å². The van der Waals surface area contributed by atoms with E-state index in [1.54, 1.807) is 12.1 Å². The van der Waals surface area contributed by atoms with Gasteiger partial charge in [-0.05, 0) is 37.1 Å². The van der Waals surface area contributed by atoms with Gasteiger partial charge in [0.1, 0.15) is 5.75 Å². The van der Waals surface area contributed by atoms with E-state index in [0.29, 0.717) is 5.56 Å². The number of aliphatic hydroxyl groups excluding tert-OH is 4. The number of aliphatic carboxylic acids is 1. The second-order valence-electron chi connectivity index (χ2n) is 8.58. The molecule has 2 unspecified atom stereocenters. The van der Waals surface area contributed by atoms with Crippen LogP contribution in [0, 0.1) is 0 Å². The number of nitrogens with one attached hydrogen (secondary N) is 2. The fourth-order valence-corrected chi connectivity index (χ4v) is 4.75. The molecule has 0 radical (unpaired) electrons. The lowest BCUT2D eigenvalue weighted by Gasteiger charge is -2.27. The highest BCUT2D eigenvalue weighted by atomic mass is 31.2. The molecule has 1 fully saturated rings. The number of carbonyl (C=O) groups excluding carboxylic acids is 1. The number of carboxylic acids is 1. The van der Waals surface area contributed by atoms with Crippen molar-refractivity contribution in [2.24, 2.45) is 0 Å². The van der Waals surface area contributed by atoms with Gasteiger partial charge in [0.2, 0.25) is 5.91 Å². The minimum atomic E-state index is -4.54. The summed E-state index contributed by atoms with van der Waals surface area (Å²) in [5, 5.41) is 62.9. The van der Waals surface area contributed by atoms with Crippen LogP contribution in [0.5, 0.6) is 5.75 Å². The summed E-state index contributed by atoms with van der Waals surface area (Å²) in [4.78, 5) is 34.0. The van der Waals surface area contributed by atoms with E-state index in [0.717, 1.165) is 13.0 Å². The lowest BCUT2D eigenvalue weighted by Crippen LogP contribution is -2.55. The number of rotatable bonds is 12. The van der Waals surface area contributed by atoms with E-state index >= 15 is 0 Å². The molecule has 0 spiro atoms. The van der Waals surface area contributed by atoms with Gasteiger partial charge < -0.3 is 50.7 Å². The van der Waals surface area contributed by atoms with Gasteiger partial charge in [-0.1, -0.05) is 12.1 Å². The summed E-state index contributed by atoms with van der Waals surface area (Å²) in [6, 6.07) is 4.27.